The van der Waals surface area contributed by atoms with E-state index in [4.69, 9.17) is 4.74 Å². The Labute approximate surface area is 119 Å². The van der Waals surface area contributed by atoms with Gasteiger partial charge in [0.05, 0.1) is 19.8 Å². The number of nitrogens with one attached hydrogen (secondary N) is 1. The monoisotopic (exact) mass is 272 g/mol. The van der Waals surface area contributed by atoms with Gasteiger partial charge in [0.2, 0.25) is 0 Å². The highest BCUT2D eigenvalue weighted by Gasteiger charge is 2.10. The normalized spacial score (nSPS) is 15.3. The van der Waals surface area contributed by atoms with Gasteiger partial charge >= 0.3 is 0 Å². The van der Waals surface area contributed by atoms with Gasteiger partial charge in [-0.05, 0) is 30.3 Å². The molecule has 1 aliphatic rings. The summed E-state index contributed by atoms with van der Waals surface area (Å²) >= 11 is 0. The second kappa shape index (κ2) is 6.43. The van der Waals surface area contributed by atoms with Crippen LogP contribution in [-0.2, 0) is 11.3 Å². The highest BCUT2D eigenvalue weighted by molar-refractivity contribution is 5.55. The second-order valence-electron chi connectivity index (χ2n) is 4.84. The SMILES string of the molecule is c1cnn(CCNc2ccc(N3CCOCC3)cc2)c1. The lowest BCUT2D eigenvalue weighted by molar-refractivity contribution is 0.122. The van der Waals surface area contributed by atoms with Crippen LogP contribution < -0.4 is 10.2 Å². The largest absolute Gasteiger partial charge is 0.383 e. The molecule has 0 amide bonds. The Bertz CT molecular complexity index is 503. The molecular weight excluding hydrogens is 252 g/mol. The number of morpholine rings is 1. The molecule has 5 heteroatoms. The van der Waals surface area contributed by atoms with Crippen molar-refractivity contribution in [2.75, 3.05) is 43.1 Å². The number of benzene rings is 1. The van der Waals surface area contributed by atoms with Crippen molar-refractivity contribution >= 4 is 11.4 Å². The number of anilines is 2. The zero-order valence-corrected chi connectivity index (χ0v) is 11.5. The molecule has 1 aromatic heterocycles. The Balaban J connectivity index is 1.50. The molecule has 1 fully saturated rings. The van der Waals surface area contributed by atoms with E-state index in [0.717, 1.165) is 45.1 Å². The summed E-state index contributed by atoms with van der Waals surface area (Å²) in [5.74, 6) is 0. The summed E-state index contributed by atoms with van der Waals surface area (Å²) in [4.78, 5) is 2.36. The molecule has 1 saturated heterocycles. The fourth-order valence-electron chi connectivity index (χ4n) is 2.36. The van der Waals surface area contributed by atoms with E-state index < -0.39 is 0 Å². The number of ether oxygens (including phenoxy) is 1. The zero-order valence-electron chi connectivity index (χ0n) is 11.5. The van der Waals surface area contributed by atoms with Crippen molar-refractivity contribution in [2.24, 2.45) is 0 Å². The molecule has 1 aliphatic heterocycles. The molecule has 0 spiro atoms. The van der Waals surface area contributed by atoms with E-state index in [0.29, 0.717) is 0 Å². The number of rotatable bonds is 5. The van der Waals surface area contributed by atoms with E-state index in [1.165, 1.54) is 5.69 Å². The summed E-state index contributed by atoms with van der Waals surface area (Å²) in [6.07, 6.45) is 3.78. The minimum Gasteiger partial charge on any atom is -0.383 e. The number of nitrogens with zero attached hydrogens (tertiary/aromatic N) is 3. The van der Waals surface area contributed by atoms with Crippen LogP contribution in [-0.4, -0.2) is 42.6 Å². The van der Waals surface area contributed by atoms with Crippen molar-refractivity contribution in [3.63, 3.8) is 0 Å². The third-order valence-corrected chi connectivity index (χ3v) is 3.47. The van der Waals surface area contributed by atoms with Crippen molar-refractivity contribution in [3.8, 4) is 0 Å². The Morgan fingerprint density at radius 3 is 2.65 bits per heavy atom. The first kappa shape index (κ1) is 13.0. The van der Waals surface area contributed by atoms with Crippen molar-refractivity contribution in [1.82, 2.24) is 9.78 Å². The summed E-state index contributed by atoms with van der Waals surface area (Å²) in [5, 5.41) is 7.59. The van der Waals surface area contributed by atoms with E-state index in [1.807, 2.05) is 16.9 Å². The van der Waals surface area contributed by atoms with Gasteiger partial charge < -0.3 is 15.0 Å². The standard InChI is InChI=1S/C15H20N4O/c1-6-17-19(8-1)9-7-16-14-2-4-15(5-3-14)18-10-12-20-13-11-18/h1-6,8,16H,7,9-13H2. The predicted molar refractivity (Wildman–Crippen MR) is 80.2 cm³/mol. The van der Waals surface area contributed by atoms with E-state index >= 15 is 0 Å². The lowest BCUT2D eigenvalue weighted by Crippen LogP contribution is -2.36. The average Bonchev–Trinajstić information content (AvgIpc) is 3.02. The molecule has 2 heterocycles. The van der Waals surface area contributed by atoms with Gasteiger partial charge in [0.1, 0.15) is 0 Å². The van der Waals surface area contributed by atoms with Gasteiger partial charge in [0.15, 0.2) is 0 Å². The minimum atomic E-state index is 0.823. The molecule has 5 nitrogen and oxygen atoms in total. The lowest BCUT2D eigenvalue weighted by atomic mass is 10.2. The summed E-state index contributed by atoms with van der Waals surface area (Å²) in [6, 6.07) is 10.5. The van der Waals surface area contributed by atoms with E-state index in [1.54, 1.807) is 6.20 Å². The quantitative estimate of drug-likeness (QED) is 0.902. The van der Waals surface area contributed by atoms with Crippen LogP contribution in [0.3, 0.4) is 0 Å². The molecular formula is C15H20N4O. The molecule has 20 heavy (non-hydrogen) atoms. The molecule has 0 radical (unpaired) electrons. The predicted octanol–water partition coefficient (Wildman–Crippen LogP) is 1.83. The molecule has 2 aromatic rings. The molecule has 0 unspecified atom stereocenters. The van der Waals surface area contributed by atoms with Gasteiger partial charge in [-0.2, -0.15) is 5.10 Å². The van der Waals surface area contributed by atoms with Crippen molar-refractivity contribution in [2.45, 2.75) is 6.54 Å². The van der Waals surface area contributed by atoms with Crippen LogP contribution in [0.15, 0.2) is 42.7 Å². The van der Waals surface area contributed by atoms with Gasteiger partial charge in [-0.1, -0.05) is 0 Å². The topological polar surface area (TPSA) is 42.3 Å². The highest BCUT2D eigenvalue weighted by atomic mass is 16.5. The molecule has 0 bridgehead atoms. The summed E-state index contributed by atoms with van der Waals surface area (Å²) in [7, 11) is 0. The van der Waals surface area contributed by atoms with Crippen LogP contribution in [0, 0.1) is 0 Å². The van der Waals surface area contributed by atoms with Gasteiger partial charge in [-0.25, -0.2) is 0 Å². The van der Waals surface area contributed by atoms with E-state index in [2.05, 4.69) is 39.6 Å². The van der Waals surface area contributed by atoms with Crippen LogP contribution in [0.25, 0.3) is 0 Å². The summed E-state index contributed by atoms with van der Waals surface area (Å²) < 4.78 is 7.30. The molecule has 1 N–H and O–H groups in total. The zero-order chi connectivity index (χ0) is 13.6. The van der Waals surface area contributed by atoms with E-state index in [-0.39, 0.29) is 0 Å². The van der Waals surface area contributed by atoms with Crippen LogP contribution in [0.4, 0.5) is 11.4 Å². The van der Waals surface area contributed by atoms with Crippen molar-refractivity contribution in [1.29, 1.82) is 0 Å². The Morgan fingerprint density at radius 1 is 1.15 bits per heavy atom. The van der Waals surface area contributed by atoms with Gasteiger partial charge in [0.25, 0.3) is 0 Å². The average molecular weight is 272 g/mol. The van der Waals surface area contributed by atoms with Crippen molar-refractivity contribution in [3.05, 3.63) is 42.7 Å². The van der Waals surface area contributed by atoms with Gasteiger partial charge in [-0.15, -0.1) is 0 Å². The third-order valence-electron chi connectivity index (χ3n) is 3.47. The molecule has 106 valence electrons. The first-order valence-electron chi connectivity index (χ1n) is 7.06. The maximum atomic E-state index is 5.37. The number of hydrogen-bond acceptors (Lipinski definition) is 4. The van der Waals surface area contributed by atoms with Gasteiger partial charge in [-0.3, -0.25) is 4.68 Å². The first-order chi connectivity index (χ1) is 9.92. The van der Waals surface area contributed by atoms with Crippen LogP contribution in [0.2, 0.25) is 0 Å². The Hall–Kier alpha value is -2.01. The molecule has 0 saturated carbocycles. The maximum Gasteiger partial charge on any atom is 0.0642 e. The summed E-state index contributed by atoms with van der Waals surface area (Å²) in [6.45, 7) is 5.35. The molecule has 0 aliphatic carbocycles. The number of hydrogen-bond donors (Lipinski definition) is 1. The van der Waals surface area contributed by atoms with Crippen LogP contribution >= 0.6 is 0 Å². The Morgan fingerprint density at radius 2 is 1.95 bits per heavy atom. The van der Waals surface area contributed by atoms with Crippen molar-refractivity contribution < 1.29 is 4.74 Å². The summed E-state index contributed by atoms with van der Waals surface area (Å²) in [5.41, 5.74) is 2.42. The highest BCUT2D eigenvalue weighted by Crippen LogP contribution is 2.18. The fraction of sp³-hybridized carbons (Fsp3) is 0.400. The first-order valence-corrected chi connectivity index (χ1v) is 7.06. The number of aromatic nitrogens is 2. The smallest absolute Gasteiger partial charge is 0.0642 e. The van der Waals surface area contributed by atoms with E-state index in [9.17, 15) is 0 Å². The van der Waals surface area contributed by atoms with Gasteiger partial charge in [0, 0.05) is 43.4 Å². The third kappa shape index (κ3) is 3.30. The minimum absolute atomic E-state index is 0.823. The van der Waals surface area contributed by atoms with Crippen LogP contribution in [0.1, 0.15) is 0 Å². The molecule has 0 atom stereocenters. The molecule has 3 rings (SSSR count). The lowest BCUT2D eigenvalue weighted by Gasteiger charge is -2.28. The molecule has 1 aromatic carbocycles. The van der Waals surface area contributed by atoms with Crippen LogP contribution in [0.5, 0.6) is 0 Å². The fourth-order valence-corrected chi connectivity index (χ4v) is 2.36. The Kier molecular flexibility index (Phi) is 4.18. The second-order valence-corrected chi connectivity index (χ2v) is 4.84. The maximum absolute atomic E-state index is 5.37.